The largest absolute Gasteiger partial charge is 0.493 e. The first-order valence-corrected chi connectivity index (χ1v) is 8.05. The van der Waals surface area contributed by atoms with Gasteiger partial charge in [0.05, 0.1) is 14.2 Å². The molecule has 0 heterocycles. The Kier molecular flexibility index (Phi) is 6.24. The van der Waals surface area contributed by atoms with Gasteiger partial charge < -0.3 is 14.2 Å². The van der Waals surface area contributed by atoms with E-state index >= 15 is 0 Å². The van der Waals surface area contributed by atoms with Gasteiger partial charge in [-0.05, 0) is 41.7 Å². The molecule has 0 aromatic heterocycles. The lowest BCUT2D eigenvalue weighted by atomic mass is 10.0. The molecule has 0 amide bonds. The van der Waals surface area contributed by atoms with Crippen molar-refractivity contribution in [1.29, 1.82) is 0 Å². The molecule has 2 aromatic carbocycles. The van der Waals surface area contributed by atoms with E-state index < -0.39 is 0 Å². The van der Waals surface area contributed by atoms with Gasteiger partial charge in [0.2, 0.25) is 0 Å². The molecule has 128 valence electrons. The molecular weight excluding hydrogens is 304 g/mol. The van der Waals surface area contributed by atoms with Crippen LogP contribution in [0.4, 0.5) is 0 Å². The lowest BCUT2D eigenvalue weighted by Gasteiger charge is -2.13. The van der Waals surface area contributed by atoms with Gasteiger partial charge in [-0.2, -0.15) is 0 Å². The second-order valence-corrected chi connectivity index (χ2v) is 5.86. The summed E-state index contributed by atoms with van der Waals surface area (Å²) in [7, 11) is 3.19. The molecule has 0 aliphatic carbocycles. The maximum Gasteiger partial charge on any atom is 0.311 e. The van der Waals surface area contributed by atoms with E-state index in [-0.39, 0.29) is 5.97 Å². The van der Waals surface area contributed by atoms with Gasteiger partial charge in [0.25, 0.3) is 0 Å². The summed E-state index contributed by atoms with van der Waals surface area (Å²) in [6, 6.07) is 13.3. The van der Waals surface area contributed by atoms with Crippen molar-refractivity contribution in [2.24, 2.45) is 0 Å². The van der Waals surface area contributed by atoms with E-state index in [0.29, 0.717) is 36.0 Å². The lowest BCUT2D eigenvalue weighted by molar-refractivity contribution is -0.134. The summed E-state index contributed by atoms with van der Waals surface area (Å²) in [6.45, 7) is 4.16. The summed E-state index contributed by atoms with van der Waals surface area (Å²) < 4.78 is 16.0. The molecule has 0 N–H and O–H groups in total. The SMILES string of the molecule is COc1ccc(CCC(=O)Oc2ccccc2C(C)C)cc1OC. The third kappa shape index (κ3) is 4.51. The van der Waals surface area contributed by atoms with Gasteiger partial charge in [0.1, 0.15) is 5.75 Å². The molecule has 0 saturated heterocycles. The highest BCUT2D eigenvalue weighted by Gasteiger charge is 2.12. The van der Waals surface area contributed by atoms with Crippen LogP contribution in [0, 0.1) is 0 Å². The molecule has 0 bridgehead atoms. The Hall–Kier alpha value is -2.49. The van der Waals surface area contributed by atoms with Crippen LogP contribution in [0.15, 0.2) is 42.5 Å². The van der Waals surface area contributed by atoms with Gasteiger partial charge in [0.15, 0.2) is 11.5 Å². The number of aryl methyl sites for hydroxylation is 1. The zero-order valence-electron chi connectivity index (χ0n) is 14.7. The van der Waals surface area contributed by atoms with E-state index in [1.54, 1.807) is 14.2 Å². The minimum absolute atomic E-state index is 0.238. The van der Waals surface area contributed by atoms with Crippen molar-refractivity contribution in [2.75, 3.05) is 14.2 Å². The Labute approximate surface area is 143 Å². The van der Waals surface area contributed by atoms with E-state index in [2.05, 4.69) is 13.8 Å². The lowest BCUT2D eigenvalue weighted by Crippen LogP contribution is -2.10. The minimum Gasteiger partial charge on any atom is -0.493 e. The fraction of sp³-hybridized carbons (Fsp3) is 0.350. The number of rotatable bonds is 7. The van der Waals surface area contributed by atoms with Crippen LogP contribution in [0.5, 0.6) is 17.2 Å². The van der Waals surface area contributed by atoms with E-state index in [1.807, 2.05) is 42.5 Å². The fourth-order valence-electron chi connectivity index (χ4n) is 2.51. The predicted octanol–water partition coefficient (Wildman–Crippen LogP) is 4.37. The first-order chi connectivity index (χ1) is 11.5. The second kappa shape index (κ2) is 8.39. The Morgan fingerprint density at radius 2 is 1.67 bits per heavy atom. The maximum absolute atomic E-state index is 12.2. The van der Waals surface area contributed by atoms with E-state index in [9.17, 15) is 4.79 Å². The van der Waals surface area contributed by atoms with Crippen LogP contribution in [0.2, 0.25) is 0 Å². The molecule has 2 aromatic rings. The van der Waals surface area contributed by atoms with Crippen LogP contribution < -0.4 is 14.2 Å². The van der Waals surface area contributed by atoms with Crippen molar-refractivity contribution in [3.63, 3.8) is 0 Å². The Morgan fingerprint density at radius 3 is 2.33 bits per heavy atom. The van der Waals surface area contributed by atoms with Gasteiger partial charge in [-0.15, -0.1) is 0 Å². The molecule has 0 fully saturated rings. The van der Waals surface area contributed by atoms with Crippen LogP contribution in [-0.4, -0.2) is 20.2 Å². The summed E-state index contributed by atoms with van der Waals surface area (Å²) in [5.74, 6) is 2.05. The third-order valence-electron chi connectivity index (χ3n) is 3.83. The van der Waals surface area contributed by atoms with Crippen molar-refractivity contribution in [3.05, 3.63) is 53.6 Å². The van der Waals surface area contributed by atoms with Gasteiger partial charge >= 0.3 is 5.97 Å². The van der Waals surface area contributed by atoms with Crippen molar-refractivity contribution < 1.29 is 19.0 Å². The molecule has 4 heteroatoms. The number of esters is 1. The molecule has 0 saturated carbocycles. The monoisotopic (exact) mass is 328 g/mol. The van der Waals surface area contributed by atoms with E-state index in [4.69, 9.17) is 14.2 Å². The predicted molar refractivity (Wildman–Crippen MR) is 94.0 cm³/mol. The Morgan fingerprint density at radius 1 is 0.958 bits per heavy atom. The number of methoxy groups -OCH3 is 2. The molecule has 0 spiro atoms. The van der Waals surface area contributed by atoms with Crippen molar-refractivity contribution >= 4 is 5.97 Å². The topological polar surface area (TPSA) is 44.8 Å². The molecule has 0 unspecified atom stereocenters. The van der Waals surface area contributed by atoms with Crippen LogP contribution in [0.1, 0.15) is 37.3 Å². The van der Waals surface area contributed by atoms with Gasteiger partial charge in [-0.25, -0.2) is 0 Å². The van der Waals surface area contributed by atoms with Crippen LogP contribution in [0.25, 0.3) is 0 Å². The standard InChI is InChI=1S/C20H24O4/c1-14(2)16-7-5-6-8-17(16)24-20(21)12-10-15-9-11-18(22-3)19(13-15)23-4/h5-9,11,13-14H,10,12H2,1-4H3. The molecule has 4 nitrogen and oxygen atoms in total. The molecule has 2 rings (SSSR count). The second-order valence-electron chi connectivity index (χ2n) is 5.86. The fourth-order valence-corrected chi connectivity index (χ4v) is 2.51. The molecular formula is C20H24O4. The number of carbonyl (C=O) groups excluding carboxylic acids is 1. The first kappa shape index (κ1) is 17.9. The summed E-state index contributed by atoms with van der Waals surface area (Å²) in [4.78, 5) is 12.2. The first-order valence-electron chi connectivity index (χ1n) is 8.05. The van der Waals surface area contributed by atoms with Crippen molar-refractivity contribution in [2.45, 2.75) is 32.6 Å². The highest BCUT2D eigenvalue weighted by molar-refractivity contribution is 5.73. The normalized spacial score (nSPS) is 10.5. The maximum atomic E-state index is 12.2. The summed E-state index contributed by atoms with van der Waals surface area (Å²) >= 11 is 0. The number of carbonyl (C=O) groups is 1. The number of ether oxygens (including phenoxy) is 3. The summed E-state index contributed by atoms with van der Waals surface area (Å²) in [5, 5.41) is 0. The molecule has 0 aliphatic rings. The number of hydrogen-bond donors (Lipinski definition) is 0. The minimum atomic E-state index is -0.238. The zero-order chi connectivity index (χ0) is 17.5. The Bertz CT molecular complexity index is 692. The number of benzene rings is 2. The quantitative estimate of drug-likeness (QED) is 0.559. The molecule has 0 aliphatic heterocycles. The number of para-hydroxylation sites is 1. The van der Waals surface area contributed by atoms with Gasteiger partial charge in [0, 0.05) is 6.42 Å². The van der Waals surface area contributed by atoms with Crippen molar-refractivity contribution in [3.8, 4) is 17.2 Å². The van der Waals surface area contributed by atoms with Crippen LogP contribution >= 0.6 is 0 Å². The van der Waals surface area contributed by atoms with Crippen LogP contribution in [0.3, 0.4) is 0 Å². The van der Waals surface area contributed by atoms with Gasteiger partial charge in [-0.1, -0.05) is 38.1 Å². The third-order valence-corrected chi connectivity index (χ3v) is 3.83. The summed E-state index contributed by atoms with van der Waals surface area (Å²) in [6.07, 6.45) is 0.894. The molecule has 0 radical (unpaired) electrons. The molecule has 24 heavy (non-hydrogen) atoms. The van der Waals surface area contributed by atoms with E-state index in [0.717, 1.165) is 11.1 Å². The van der Waals surface area contributed by atoms with Gasteiger partial charge in [-0.3, -0.25) is 4.79 Å². The number of hydrogen-bond acceptors (Lipinski definition) is 4. The zero-order valence-corrected chi connectivity index (χ0v) is 14.7. The Balaban J connectivity index is 1.99. The smallest absolute Gasteiger partial charge is 0.311 e. The summed E-state index contributed by atoms with van der Waals surface area (Å²) in [5.41, 5.74) is 2.04. The average Bonchev–Trinajstić information content (AvgIpc) is 2.59. The highest BCUT2D eigenvalue weighted by atomic mass is 16.5. The molecule has 0 atom stereocenters. The van der Waals surface area contributed by atoms with Crippen LogP contribution in [-0.2, 0) is 11.2 Å². The average molecular weight is 328 g/mol. The van der Waals surface area contributed by atoms with E-state index in [1.165, 1.54) is 0 Å². The highest BCUT2D eigenvalue weighted by Crippen LogP contribution is 2.29. The van der Waals surface area contributed by atoms with Crippen molar-refractivity contribution in [1.82, 2.24) is 0 Å².